The normalized spacial score (nSPS) is 10.2. The molecule has 4 nitrogen and oxygen atoms in total. The van der Waals surface area contributed by atoms with E-state index in [1.807, 2.05) is 7.05 Å². The molecule has 2 aromatic rings. The zero-order valence-corrected chi connectivity index (χ0v) is 8.21. The molecule has 0 atom stereocenters. The summed E-state index contributed by atoms with van der Waals surface area (Å²) in [6.45, 7) is 0. The highest BCUT2D eigenvalue weighted by Gasteiger charge is 2.13. The van der Waals surface area contributed by atoms with E-state index < -0.39 is 5.97 Å². The summed E-state index contributed by atoms with van der Waals surface area (Å²) in [5.74, 6) is -0.276. The molecule has 1 N–H and O–H groups in total. The smallest absolute Gasteiger partial charge is 0.336 e. The molecule has 0 aliphatic carbocycles. The topological polar surface area (TPSA) is 55.1 Å². The minimum absolute atomic E-state index is 0.270. The summed E-state index contributed by atoms with van der Waals surface area (Å²) in [6.07, 6.45) is 3.43. The minimum Gasteiger partial charge on any atom is -0.478 e. The number of aromatic nitrogens is 2. The highest BCUT2D eigenvalue weighted by molar-refractivity contribution is 5.94. The Labute approximate surface area is 86.8 Å². The van der Waals surface area contributed by atoms with Gasteiger partial charge in [-0.25, -0.2) is 9.78 Å². The van der Waals surface area contributed by atoms with E-state index in [2.05, 4.69) is 4.98 Å². The van der Waals surface area contributed by atoms with Crippen molar-refractivity contribution in [2.45, 2.75) is 0 Å². The van der Waals surface area contributed by atoms with E-state index >= 15 is 0 Å². The standard InChI is InChI=1S/C11H10N2O2/c1-13-7-6-12-10(13)8-4-2-3-5-9(8)11(14)15/h2-7H,1H3,(H,14,15). The van der Waals surface area contributed by atoms with Crippen molar-refractivity contribution in [2.75, 3.05) is 0 Å². The summed E-state index contributed by atoms with van der Waals surface area (Å²) in [5, 5.41) is 9.02. The van der Waals surface area contributed by atoms with Gasteiger partial charge in [-0.1, -0.05) is 18.2 Å². The van der Waals surface area contributed by atoms with Crippen LogP contribution in [0.15, 0.2) is 36.7 Å². The Bertz CT molecular complexity index is 503. The molecule has 0 aliphatic heterocycles. The first kappa shape index (κ1) is 9.45. The lowest BCUT2D eigenvalue weighted by molar-refractivity contribution is 0.0697. The number of rotatable bonds is 2. The number of hydrogen-bond donors (Lipinski definition) is 1. The molecule has 1 heterocycles. The van der Waals surface area contributed by atoms with Gasteiger partial charge in [0.25, 0.3) is 0 Å². The van der Waals surface area contributed by atoms with Gasteiger partial charge in [-0.15, -0.1) is 0 Å². The van der Waals surface area contributed by atoms with Crippen molar-refractivity contribution in [3.8, 4) is 11.4 Å². The van der Waals surface area contributed by atoms with Crippen molar-refractivity contribution >= 4 is 5.97 Å². The maximum absolute atomic E-state index is 11.0. The molecule has 4 heteroatoms. The summed E-state index contributed by atoms with van der Waals surface area (Å²) in [5.41, 5.74) is 0.907. The fraction of sp³-hybridized carbons (Fsp3) is 0.0909. The highest BCUT2D eigenvalue weighted by atomic mass is 16.4. The number of nitrogens with zero attached hydrogens (tertiary/aromatic N) is 2. The number of carboxylic acid groups (broad SMARTS) is 1. The van der Waals surface area contributed by atoms with E-state index in [0.717, 1.165) is 0 Å². The number of carboxylic acids is 1. The average molecular weight is 202 g/mol. The molecule has 76 valence electrons. The van der Waals surface area contributed by atoms with E-state index in [1.54, 1.807) is 41.2 Å². The van der Waals surface area contributed by atoms with Crippen LogP contribution in [0.1, 0.15) is 10.4 Å². The lowest BCUT2D eigenvalue weighted by Gasteiger charge is -2.05. The summed E-state index contributed by atoms with van der Waals surface area (Å²) in [7, 11) is 1.83. The molecule has 15 heavy (non-hydrogen) atoms. The van der Waals surface area contributed by atoms with Crippen LogP contribution in [-0.4, -0.2) is 20.6 Å². The van der Waals surface area contributed by atoms with Crippen molar-refractivity contribution in [1.29, 1.82) is 0 Å². The first-order valence-corrected chi connectivity index (χ1v) is 4.50. The van der Waals surface area contributed by atoms with E-state index in [9.17, 15) is 4.79 Å². The fourth-order valence-electron chi connectivity index (χ4n) is 1.49. The second kappa shape index (κ2) is 3.57. The SMILES string of the molecule is Cn1ccnc1-c1ccccc1C(=O)O. The summed E-state index contributed by atoms with van der Waals surface area (Å²) in [4.78, 5) is 15.1. The van der Waals surface area contributed by atoms with Crippen LogP contribution in [0.4, 0.5) is 0 Å². The van der Waals surface area contributed by atoms with Crippen molar-refractivity contribution in [3.63, 3.8) is 0 Å². The van der Waals surface area contributed by atoms with Crippen LogP contribution in [0.3, 0.4) is 0 Å². The first-order valence-electron chi connectivity index (χ1n) is 4.50. The molecule has 0 amide bonds. The Morgan fingerprint density at radius 2 is 2.13 bits per heavy atom. The van der Waals surface area contributed by atoms with Gasteiger partial charge in [0, 0.05) is 25.0 Å². The molecule has 1 aromatic heterocycles. The molecule has 0 bridgehead atoms. The van der Waals surface area contributed by atoms with Crippen molar-refractivity contribution < 1.29 is 9.90 Å². The molecule has 0 aliphatic rings. The fourth-order valence-corrected chi connectivity index (χ4v) is 1.49. The molecule has 2 rings (SSSR count). The average Bonchev–Trinajstić information content (AvgIpc) is 2.64. The predicted molar refractivity (Wildman–Crippen MR) is 55.6 cm³/mol. The number of carbonyl (C=O) groups is 1. The largest absolute Gasteiger partial charge is 0.478 e. The number of imidazole rings is 1. The lowest BCUT2D eigenvalue weighted by Crippen LogP contribution is -2.02. The highest BCUT2D eigenvalue weighted by Crippen LogP contribution is 2.21. The Kier molecular flexibility index (Phi) is 2.25. The molecule has 0 radical (unpaired) electrons. The Morgan fingerprint density at radius 1 is 1.40 bits per heavy atom. The minimum atomic E-state index is -0.936. The van der Waals surface area contributed by atoms with Gasteiger partial charge in [-0.05, 0) is 6.07 Å². The zero-order chi connectivity index (χ0) is 10.8. The molecule has 1 aromatic carbocycles. The van der Waals surface area contributed by atoms with Crippen LogP contribution in [0.25, 0.3) is 11.4 Å². The number of aromatic carboxylic acids is 1. The Hall–Kier alpha value is -2.10. The van der Waals surface area contributed by atoms with Crippen LogP contribution >= 0.6 is 0 Å². The van der Waals surface area contributed by atoms with Gasteiger partial charge in [-0.3, -0.25) is 0 Å². The zero-order valence-electron chi connectivity index (χ0n) is 8.21. The molecule has 0 spiro atoms. The Balaban J connectivity index is 2.63. The van der Waals surface area contributed by atoms with Gasteiger partial charge in [-0.2, -0.15) is 0 Å². The second-order valence-corrected chi connectivity index (χ2v) is 3.21. The van der Waals surface area contributed by atoms with Gasteiger partial charge in [0.05, 0.1) is 5.56 Å². The van der Waals surface area contributed by atoms with Crippen LogP contribution in [0.2, 0.25) is 0 Å². The molecular formula is C11H10N2O2. The van der Waals surface area contributed by atoms with Gasteiger partial charge < -0.3 is 9.67 Å². The van der Waals surface area contributed by atoms with Crippen molar-refractivity contribution in [1.82, 2.24) is 9.55 Å². The third-order valence-electron chi connectivity index (χ3n) is 2.22. The van der Waals surface area contributed by atoms with E-state index in [-0.39, 0.29) is 5.56 Å². The summed E-state index contributed by atoms with van der Waals surface area (Å²) >= 11 is 0. The summed E-state index contributed by atoms with van der Waals surface area (Å²) < 4.78 is 1.79. The van der Waals surface area contributed by atoms with Crippen molar-refractivity contribution in [2.24, 2.45) is 7.05 Å². The quantitative estimate of drug-likeness (QED) is 0.807. The summed E-state index contributed by atoms with van der Waals surface area (Å²) in [6, 6.07) is 6.84. The van der Waals surface area contributed by atoms with Gasteiger partial charge in [0.1, 0.15) is 5.82 Å². The molecule has 0 saturated heterocycles. The lowest BCUT2D eigenvalue weighted by atomic mass is 10.1. The Morgan fingerprint density at radius 3 is 2.73 bits per heavy atom. The number of aryl methyl sites for hydroxylation is 1. The number of benzene rings is 1. The van der Waals surface area contributed by atoms with Crippen LogP contribution in [0, 0.1) is 0 Å². The van der Waals surface area contributed by atoms with Crippen molar-refractivity contribution in [3.05, 3.63) is 42.2 Å². The molecule has 0 fully saturated rings. The van der Waals surface area contributed by atoms with Gasteiger partial charge in [0.2, 0.25) is 0 Å². The van der Waals surface area contributed by atoms with Crippen LogP contribution < -0.4 is 0 Å². The van der Waals surface area contributed by atoms with Crippen LogP contribution in [-0.2, 0) is 7.05 Å². The molecule has 0 unspecified atom stereocenters. The molecular weight excluding hydrogens is 192 g/mol. The number of hydrogen-bond acceptors (Lipinski definition) is 2. The van der Waals surface area contributed by atoms with Gasteiger partial charge >= 0.3 is 5.97 Å². The third-order valence-corrected chi connectivity index (χ3v) is 2.22. The second-order valence-electron chi connectivity index (χ2n) is 3.21. The van der Waals surface area contributed by atoms with Crippen LogP contribution in [0.5, 0.6) is 0 Å². The maximum Gasteiger partial charge on any atom is 0.336 e. The van der Waals surface area contributed by atoms with E-state index in [0.29, 0.717) is 11.4 Å². The maximum atomic E-state index is 11.0. The van der Waals surface area contributed by atoms with Gasteiger partial charge in [0.15, 0.2) is 0 Å². The third kappa shape index (κ3) is 1.61. The van der Waals surface area contributed by atoms with E-state index in [4.69, 9.17) is 5.11 Å². The predicted octanol–water partition coefficient (Wildman–Crippen LogP) is 1.79. The first-order chi connectivity index (χ1) is 7.20. The monoisotopic (exact) mass is 202 g/mol. The van der Waals surface area contributed by atoms with E-state index in [1.165, 1.54) is 0 Å². The molecule has 0 saturated carbocycles.